The Morgan fingerprint density at radius 2 is 2.23 bits per heavy atom. The number of halogens is 2. The molecule has 0 spiro atoms. The SMILES string of the molecule is COc1cc(F)c(Br)cc1C(=O)O. The van der Waals surface area contributed by atoms with Crippen LogP contribution in [0, 0.1) is 5.82 Å². The lowest BCUT2D eigenvalue weighted by molar-refractivity contribution is 0.0693. The van der Waals surface area contributed by atoms with Gasteiger partial charge in [0.05, 0.1) is 11.6 Å². The molecule has 0 unspecified atom stereocenters. The first-order valence-electron chi connectivity index (χ1n) is 3.32. The maximum Gasteiger partial charge on any atom is 0.339 e. The fourth-order valence-electron chi connectivity index (χ4n) is 0.865. The van der Waals surface area contributed by atoms with Gasteiger partial charge in [0.15, 0.2) is 0 Å². The molecule has 0 aromatic heterocycles. The van der Waals surface area contributed by atoms with E-state index in [-0.39, 0.29) is 15.8 Å². The van der Waals surface area contributed by atoms with Gasteiger partial charge in [-0.25, -0.2) is 9.18 Å². The molecule has 0 aliphatic rings. The Morgan fingerprint density at radius 1 is 1.62 bits per heavy atom. The lowest BCUT2D eigenvalue weighted by Crippen LogP contribution is -2.01. The average Bonchev–Trinajstić information content (AvgIpc) is 2.08. The lowest BCUT2D eigenvalue weighted by Gasteiger charge is -2.05. The van der Waals surface area contributed by atoms with Crippen LogP contribution in [0.3, 0.4) is 0 Å². The standard InChI is InChI=1S/C8H6BrFO3/c1-13-7-3-6(10)5(9)2-4(7)8(11)12/h2-3H,1H3,(H,11,12). The van der Waals surface area contributed by atoms with Crippen molar-refractivity contribution in [2.75, 3.05) is 7.11 Å². The van der Waals surface area contributed by atoms with Gasteiger partial charge in [0.1, 0.15) is 17.1 Å². The van der Waals surface area contributed by atoms with Gasteiger partial charge in [0, 0.05) is 6.07 Å². The van der Waals surface area contributed by atoms with E-state index in [1.807, 2.05) is 0 Å². The Kier molecular flexibility index (Phi) is 2.87. The highest BCUT2D eigenvalue weighted by atomic mass is 79.9. The summed E-state index contributed by atoms with van der Waals surface area (Å²) in [5.74, 6) is -1.70. The smallest absolute Gasteiger partial charge is 0.339 e. The third-order valence-corrected chi connectivity index (χ3v) is 2.08. The second kappa shape index (κ2) is 3.74. The fraction of sp³-hybridized carbons (Fsp3) is 0.125. The Morgan fingerprint density at radius 3 is 2.69 bits per heavy atom. The summed E-state index contributed by atoms with van der Waals surface area (Å²) < 4.78 is 17.7. The number of ether oxygens (including phenoxy) is 1. The normalized spacial score (nSPS) is 9.77. The van der Waals surface area contributed by atoms with Crippen molar-refractivity contribution in [2.24, 2.45) is 0 Å². The maximum atomic E-state index is 12.9. The second-order valence-electron chi connectivity index (χ2n) is 2.27. The monoisotopic (exact) mass is 248 g/mol. The topological polar surface area (TPSA) is 46.5 Å². The lowest BCUT2D eigenvalue weighted by atomic mass is 10.2. The number of carboxylic acids is 1. The molecule has 0 amide bonds. The Labute approximate surface area is 82.3 Å². The third-order valence-electron chi connectivity index (χ3n) is 1.47. The summed E-state index contributed by atoms with van der Waals surface area (Å²) in [6, 6.07) is 2.18. The molecule has 1 aromatic rings. The van der Waals surface area contributed by atoms with Crippen LogP contribution in [0.4, 0.5) is 4.39 Å². The van der Waals surface area contributed by atoms with Gasteiger partial charge in [-0.2, -0.15) is 0 Å². The van der Waals surface area contributed by atoms with Gasteiger partial charge < -0.3 is 9.84 Å². The molecule has 0 aliphatic carbocycles. The van der Waals surface area contributed by atoms with E-state index in [0.29, 0.717) is 0 Å². The van der Waals surface area contributed by atoms with Gasteiger partial charge in [-0.3, -0.25) is 0 Å². The van der Waals surface area contributed by atoms with E-state index in [2.05, 4.69) is 15.9 Å². The van der Waals surface area contributed by atoms with Crippen LogP contribution in [0.2, 0.25) is 0 Å². The summed E-state index contributed by atoms with van der Waals surface area (Å²) in [6.07, 6.45) is 0. The summed E-state index contributed by atoms with van der Waals surface area (Å²) in [6.45, 7) is 0. The number of carbonyl (C=O) groups is 1. The molecule has 70 valence electrons. The van der Waals surface area contributed by atoms with Crippen LogP contribution in [0.5, 0.6) is 5.75 Å². The van der Waals surface area contributed by atoms with Crippen molar-refractivity contribution in [2.45, 2.75) is 0 Å². The highest BCUT2D eigenvalue weighted by molar-refractivity contribution is 9.10. The minimum atomic E-state index is -1.16. The molecule has 5 heteroatoms. The van der Waals surface area contributed by atoms with Crippen molar-refractivity contribution < 1.29 is 19.0 Å². The Bertz CT molecular complexity index is 351. The summed E-state index contributed by atoms with van der Waals surface area (Å²) in [5.41, 5.74) is -0.0734. The van der Waals surface area contributed by atoms with Crippen molar-refractivity contribution in [3.8, 4) is 5.75 Å². The largest absolute Gasteiger partial charge is 0.496 e. The minimum absolute atomic E-state index is 0.00759. The van der Waals surface area contributed by atoms with Crippen LogP contribution in [0.15, 0.2) is 16.6 Å². The van der Waals surface area contributed by atoms with E-state index in [4.69, 9.17) is 9.84 Å². The summed E-state index contributed by atoms with van der Waals surface area (Å²) in [7, 11) is 1.29. The van der Waals surface area contributed by atoms with Crippen molar-refractivity contribution in [3.05, 3.63) is 28.0 Å². The van der Waals surface area contributed by atoms with Gasteiger partial charge in [0.25, 0.3) is 0 Å². The van der Waals surface area contributed by atoms with Crippen molar-refractivity contribution in [1.82, 2.24) is 0 Å². The molecule has 1 aromatic carbocycles. The molecule has 0 saturated heterocycles. The third kappa shape index (κ3) is 1.98. The molecule has 0 radical (unpaired) electrons. The zero-order valence-electron chi connectivity index (χ0n) is 6.67. The quantitative estimate of drug-likeness (QED) is 0.874. The molecule has 0 heterocycles. The predicted molar refractivity (Wildman–Crippen MR) is 47.6 cm³/mol. The van der Waals surface area contributed by atoms with Crippen LogP contribution in [0.1, 0.15) is 10.4 Å². The summed E-state index contributed by atoms with van der Waals surface area (Å²) in [5, 5.41) is 8.69. The molecule has 1 rings (SSSR count). The Balaban J connectivity index is 3.33. The van der Waals surface area contributed by atoms with E-state index in [0.717, 1.165) is 12.1 Å². The van der Waals surface area contributed by atoms with Gasteiger partial charge in [-0.15, -0.1) is 0 Å². The van der Waals surface area contributed by atoms with Gasteiger partial charge >= 0.3 is 5.97 Å². The molecule has 0 bridgehead atoms. The molecule has 0 aliphatic heterocycles. The van der Waals surface area contributed by atoms with Crippen LogP contribution < -0.4 is 4.74 Å². The summed E-state index contributed by atoms with van der Waals surface area (Å²) >= 11 is 2.88. The molecular formula is C8H6BrFO3. The van der Waals surface area contributed by atoms with Gasteiger partial charge in [0.2, 0.25) is 0 Å². The molecule has 0 atom stereocenters. The highest BCUT2D eigenvalue weighted by Gasteiger charge is 2.14. The number of carboxylic acid groups (broad SMARTS) is 1. The first-order valence-corrected chi connectivity index (χ1v) is 4.12. The maximum absolute atomic E-state index is 12.9. The predicted octanol–water partition coefficient (Wildman–Crippen LogP) is 2.29. The zero-order valence-corrected chi connectivity index (χ0v) is 8.26. The number of benzene rings is 1. The van der Waals surface area contributed by atoms with Crippen LogP contribution in [0.25, 0.3) is 0 Å². The molecule has 0 saturated carbocycles. The number of hydrogen-bond donors (Lipinski definition) is 1. The molecular weight excluding hydrogens is 243 g/mol. The van der Waals surface area contributed by atoms with Crippen LogP contribution >= 0.6 is 15.9 Å². The fourth-order valence-corrected chi connectivity index (χ4v) is 1.21. The van der Waals surface area contributed by atoms with Crippen LogP contribution in [-0.4, -0.2) is 18.2 Å². The van der Waals surface area contributed by atoms with Crippen molar-refractivity contribution >= 4 is 21.9 Å². The number of aromatic carboxylic acids is 1. The van der Waals surface area contributed by atoms with E-state index >= 15 is 0 Å². The van der Waals surface area contributed by atoms with E-state index < -0.39 is 11.8 Å². The highest BCUT2D eigenvalue weighted by Crippen LogP contribution is 2.26. The minimum Gasteiger partial charge on any atom is -0.496 e. The first kappa shape index (κ1) is 9.98. The van der Waals surface area contributed by atoms with Gasteiger partial charge in [-0.1, -0.05) is 0 Å². The van der Waals surface area contributed by atoms with E-state index in [9.17, 15) is 9.18 Å². The van der Waals surface area contributed by atoms with E-state index in [1.165, 1.54) is 7.11 Å². The average molecular weight is 249 g/mol. The van der Waals surface area contributed by atoms with E-state index in [1.54, 1.807) is 0 Å². The van der Waals surface area contributed by atoms with Crippen molar-refractivity contribution in [3.63, 3.8) is 0 Å². The molecule has 13 heavy (non-hydrogen) atoms. The van der Waals surface area contributed by atoms with Crippen LogP contribution in [-0.2, 0) is 0 Å². The summed E-state index contributed by atoms with van der Waals surface area (Å²) in [4.78, 5) is 10.6. The van der Waals surface area contributed by atoms with Gasteiger partial charge in [-0.05, 0) is 22.0 Å². The second-order valence-corrected chi connectivity index (χ2v) is 3.13. The number of rotatable bonds is 2. The first-order chi connectivity index (χ1) is 6.06. The Hall–Kier alpha value is -1.10. The molecule has 1 N–H and O–H groups in total. The van der Waals surface area contributed by atoms with Crippen molar-refractivity contribution in [1.29, 1.82) is 0 Å². The number of methoxy groups -OCH3 is 1. The molecule has 0 fully saturated rings. The zero-order chi connectivity index (χ0) is 10.0. The number of hydrogen-bond acceptors (Lipinski definition) is 2. The molecule has 3 nitrogen and oxygen atoms in total.